The normalized spacial score (nSPS) is 12.6. The largest absolute Gasteiger partial charge is 0.454 e. The Balaban J connectivity index is 1.72. The maximum atomic E-state index is 12.3. The molecule has 0 atom stereocenters. The van der Waals surface area contributed by atoms with Crippen LogP contribution in [0.15, 0.2) is 48.0 Å². The summed E-state index contributed by atoms with van der Waals surface area (Å²) in [5.74, 6) is 0.449. The van der Waals surface area contributed by atoms with Gasteiger partial charge in [0.15, 0.2) is 11.5 Å². The second-order valence-electron chi connectivity index (χ2n) is 5.14. The average molecular weight is 358 g/mol. The van der Waals surface area contributed by atoms with Crippen LogP contribution in [0.5, 0.6) is 17.2 Å². The molecule has 132 valence electrons. The molecule has 6 nitrogen and oxygen atoms in total. The molecule has 1 aliphatic rings. The van der Waals surface area contributed by atoms with Crippen LogP contribution in [0.25, 0.3) is 6.08 Å². The van der Waals surface area contributed by atoms with Crippen LogP contribution in [0.2, 0.25) is 0 Å². The second kappa shape index (κ2) is 7.53. The Kier molecular flexibility index (Phi) is 4.99. The highest BCUT2D eigenvalue weighted by atomic mass is 19.3. The van der Waals surface area contributed by atoms with E-state index < -0.39 is 12.5 Å². The maximum Gasteiger partial charge on any atom is 0.387 e. The van der Waals surface area contributed by atoms with Crippen molar-refractivity contribution in [1.29, 1.82) is 5.26 Å². The van der Waals surface area contributed by atoms with Crippen molar-refractivity contribution < 1.29 is 27.8 Å². The molecule has 0 saturated carbocycles. The van der Waals surface area contributed by atoms with Crippen LogP contribution >= 0.6 is 0 Å². The Bertz CT molecular complexity index is 889. The molecule has 1 N–H and O–H groups in total. The third-order valence-corrected chi connectivity index (χ3v) is 3.41. The van der Waals surface area contributed by atoms with Gasteiger partial charge in [-0.1, -0.05) is 12.1 Å². The highest BCUT2D eigenvalue weighted by Gasteiger charge is 2.15. The summed E-state index contributed by atoms with van der Waals surface area (Å²) in [6.07, 6.45) is 1.34. The highest BCUT2D eigenvalue weighted by molar-refractivity contribution is 6.09. The van der Waals surface area contributed by atoms with E-state index >= 15 is 0 Å². The van der Waals surface area contributed by atoms with E-state index in [0.717, 1.165) is 0 Å². The van der Waals surface area contributed by atoms with Gasteiger partial charge in [0.05, 0.1) is 0 Å². The lowest BCUT2D eigenvalue weighted by Gasteiger charge is -2.06. The van der Waals surface area contributed by atoms with Crippen LogP contribution in [0.3, 0.4) is 0 Å². The molecule has 26 heavy (non-hydrogen) atoms. The Morgan fingerprint density at radius 1 is 1.19 bits per heavy atom. The number of carbonyl (C=O) groups excluding carboxylic acids is 1. The predicted octanol–water partition coefficient (Wildman–Crippen LogP) is 3.56. The Labute approximate surface area is 147 Å². The minimum Gasteiger partial charge on any atom is -0.454 e. The zero-order chi connectivity index (χ0) is 18.5. The zero-order valence-corrected chi connectivity index (χ0v) is 13.2. The quantitative estimate of drug-likeness (QED) is 0.653. The number of benzene rings is 2. The van der Waals surface area contributed by atoms with E-state index in [1.807, 2.05) is 6.07 Å². The van der Waals surface area contributed by atoms with Gasteiger partial charge >= 0.3 is 6.61 Å². The lowest BCUT2D eigenvalue weighted by atomic mass is 10.1. The van der Waals surface area contributed by atoms with Gasteiger partial charge in [-0.05, 0) is 35.9 Å². The third kappa shape index (κ3) is 4.08. The summed E-state index contributed by atoms with van der Waals surface area (Å²) in [7, 11) is 0. The lowest BCUT2D eigenvalue weighted by molar-refractivity contribution is -0.112. The van der Waals surface area contributed by atoms with Crippen LogP contribution in [-0.2, 0) is 4.79 Å². The number of nitriles is 1. The minimum absolute atomic E-state index is 0.0135. The number of amides is 1. The van der Waals surface area contributed by atoms with Crippen LogP contribution in [-0.4, -0.2) is 19.3 Å². The zero-order valence-electron chi connectivity index (χ0n) is 13.2. The van der Waals surface area contributed by atoms with Gasteiger partial charge in [-0.15, -0.1) is 0 Å². The van der Waals surface area contributed by atoms with Crippen LogP contribution in [0.4, 0.5) is 14.5 Å². The molecule has 1 amide bonds. The summed E-state index contributed by atoms with van der Waals surface area (Å²) < 4.78 is 38.9. The van der Waals surface area contributed by atoms with Gasteiger partial charge in [0.2, 0.25) is 6.79 Å². The number of carbonyl (C=O) groups is 1. The van der Waals surface area contributed by atoms with Crippen molar-refractivity contribution in [3.63, 3.8) is 0 Å². The van der Waals surface area contributed by atoms with Gasteiger partial charge in [0, 0.05) is 11.8 Å². The van der Waals surface area contributed by atoms with E-state index in [1.165, 1.54) is 30.3 Å². The molecular weight excluding hydrogens is 346 g/mol. The number of halogens is 2. The van der Waals surface area contributed by atoms with E-state index in [1.54, 1.807) is 18.2 Å². The molecule has 3 rings (SSSR count). The molecule has 0 spiro atoms. The van der Waals surface area contributed by atoms with Gasteiger partial charge in [0.25, 0.3) is 5.91 Å². The van der Waals surface area contributed by atoms with Crippen molar-refractivity contribution in [2.24, 2.45) is 0 Å². The Hall–Kier alpha value is -3.60. The maximum absolute atomic E-state index is 12.3. The second-order valence-corrected chi connectivity index (χ2v) is 5.14. The first-order chi connectivity index (χ1) is 12.5. The summed E-state index contributed by atoms with van der Waals surface area (Å²) >= 11 is 0. The molecule has 0 aromatic heterocycles. The number of fused-ring (bicyclic) bond motifs is 1. The first kappa shape index (κ1) is 17.2. The molecule has 0 bridgehead atoms. The number of nitrogens with zero attached hydrogens (tertiary/aromatic N) is 1. The van der Waals surface area contributed by atoms with Crippen molar-refractivity contribution in [2.45, 2.75) is 6.61 Å². The van der Waals surface area contributed by atoms with Gasteiger partial charge in [-0.25, -0.2) is 0 Å². The number of alkyl halides is 2. The first-order valence-electron chi connectivity index (χ1n) is 7.43. The van der Waals surface area contributed by atoms with Gasteiger partial charge < -0.3 is 19.5 Å². The molecule has 0 radical (unpaired) electrons. The lowest BCUT2D eigenvalue weighted by Crippen LogP contribution is -2.13. The van der Waals surface area contributed by atoms with Crippen LogP contribution < -0.4 is 19.5 Å². The van der Waals surface area contributed by atoms with E-state index in [-0.39, 0.29) is 18.1 Å². The van der Waals surface area contributed by atoms with Crippen molar-refractivity contribution in [1.82, 2.24) is 0 Å². The molecule has 8 heteroatoms. The summed E-state index contributed by atoms with van der Waals surface area (Å²) in [5.41, 5.74) is 0.787. The first-order valence-corrected chi connectivity index (χ1v) is 7.43. The topological polar surface area (TPSA) is 80.6 Å². The number of anilines is 1. The van der Waals surface area contributed by atoms with Crippen molar-refractivity contribution in [3.05, 3.63) is 53.6 Å². The number of rotatable bonds is 5. The number of ether oxygens (including phenoxy) is 3. The van der Waals surface area contributed by atoms with Crippen LogP contribution in [0, 0.1) is 11.3 Å². The molecule has 0 aliphatic carbocycles. The van der Waals surface area contributed by atoms with Gasteiger partial charge in [-0.3, -0.25) is 4.79 Å². The highest BCUT2D eigenvalue weighted by Crippen LogP contribution is 2.34. The van der Waals surface area contributed by atoms with Crippen LogP contribution in [0.1, 0.15) is 5.56 Å². The fourth-order valence-corrected chi connectivity index (χ4v) is 2.23. The SMILES string of the molecule is N#CC(=Cc1ccc(OC(F)F)cc1)C(=O)Nc1ccc2c(c1)OCO2. The monoisotopic (exact) mass is 358 g/mol. The van der Waals surface area contributed by atoms with E-state index in [2.05, 4.69) is 10.1 Å². The molecule has 1 heterocycles. The Morgan fingerprint density at radius 3 is 2.62 bits per heavy atom. The van der Waals surface area contributed by atoms with Crippen molar-refractivity contribution in [3.8, 4) is 23.3 Å². The summed E-state index contributed by atoms with van der Waals surface area (Å²) in [5, 5.41) is 11.8. The van der Waals surface area contributed by atoms with Crippen molar-refractivity contribution in [2.75, 3.05) is 12.1 Å². The molecule has 0 fully saturated rings. The number of nitrogens with one attached hydrogen (secondary N) is 1. The van der Waals surface area contributed by atoms with Gasteiger partial charge in [-0.2, -0.15) is 14.0 Å². The molecular formula is C18H12F2N2O4. The summed E-state index contributed by atoms with van der Waals surface area (Å²) in [6.45, 7) is -2.81. The number of hydrogen-bond donors (Lipinski definition) is 1. The molecule has 0 saturated heterocycles. The minimum atomic E-state index is -2.92. The standard InChI is InChI=1S/C18H12F2N2O4/c19-18(20)26-14-4-1-11(2-5-14)7-12(9-21)17(23)22-13-3-6-15-16(8-13)25-10-24-15/h1-8,18H,10H2,(H,22,23). The summed E-state index contributed by atoms with van der Waals surface area (Å²) in [4.78, 5) is 12.3. The third-order valence-electron chi connectivity index (χ3n) is 3.41. The van der Waals surface area contributed by atoms with E-state index in [4.69, 9.17) is 9.47 Å². The summed E-state index contributed by atoms with van der Waals surface area (Å²) in [6, 6.07) is 12.2. The predicted molar refractivity (Wildman–Crippen MR) is 87.9 cm³/mol. The molecule has 0 unspecified atom stereocenters. The molecule has 2 aromatic carbocycles. The molecule has 1 aliphatic heterocycles. The Morgan fingerprint density at radius 2 is 1.92 bits per heavy atom. The molecule has 2 aromatic rings. The van der Waals surface area contributed by atoms with E-state index in [9.17, 15) is 18.8 Å². The average Bonchev–Trinajstić information content (AvgIpc) is 3.08. The smallest absolute Gasteiger partial charge is 0.387 e. The fraction of sp³-hybridized carbons (Fsp3) is 0.111. The van der Waals surface area contributed by atoms with Gasteiger partial charge in [0.1, 0.15) is 17.4 Å². The van der Waals surface area contributed by atoms with E-state index in [0.29, 0.717) is 22.7 Å². The fourth-order valence-electron chi connectivity index (χ4n) is 2.23. The number of hydrogen-bond acceptors (Lipinski definition) is 5. The van der Waals surface area contributed by atoms with Crippen molar-refractivity contribution >= 4 is 17.7 Å².